The van der Waals surface area contributed by atoms with Crippen LogP contribution < -0.4 is 14.8 Å². The Morgan fingerprint density at radius 1 is 0.966 bits per heavy atom. The second-order valence-electron chi connectivity index (χ2n) is 7.20. The number of amides is 1. The van der Waals surface area contributed by atoms with E-state index >= 15 is 0 Å². The molecule has 0 unspecified atom stereocenters. The van der Waals surface area contributed by atoms with Gasteiger partial charge in [-0.1, -0.05) is 35.3 Å². The van der Waals surface area contributed by atoms with Gasteiger partial charge in [-0.05, 0) is 29.8 Å². The normalized spacial score (nSPS) is 16.8. The van der Waals surface area contributed by atoms with E-state index in [4.69, 9.17) is 32.7 Å². The predicted octanol–water partition coefficient (Wildman–Crippen LogP) is 3.87. The van der Waals surface area contributed by atoms with Crippen LogP contribution in [0.3, 0.4) is 0 Å². The fourth-order valence-electron chi connectivity index (χ4n) is 3.55. The van der Waals surface area contributed by atoms with E-state index in [1.54, 1.807) is 18.2 Å². The van der Waals surface area contributed by atoms with Crippen molar-refractivity contribution in [2.75, 3.05) is 44.8 Å². The van der Waals surface area contributed by atoms with E-state index in [0.717, 1.165) is 44.2 Å². The molecule has 0 aromatic heterocycles. The number of rotatable bonds is 6. The van der Waals surface area contributed by atoms with Crippen molar-refractivity contribution in [3.05, 3.63) is 52.0 Å². The van der Waals surface area contributed by atoms with Gasteiger partial charge < -0.3 is 19.7 Å². The summed E-state index contributed by atoms with van der Waals surface area (Å²) in [6, 6.07) is 11.3. The number of hydrogen-bond donors (Lipinski definition) is 1. The third kappa shape index (κ3) is 5.14. The Morgan fingerprint density at radius 3 is 2.41 bits per heavy atom. The van der Waals surface area contributed by atoms with Crippen molar-refractivity contribution < 1.29 is 14.3 Å². The second-order valence-corrected chi connectivity index (χ2v) is 8.01. The highest BCUT2D eigenvalue weighted by Crippen LogP contribution is 2.33. The first-order valence-corrected chi connectivity index (χ1v) is 10.4. The van der Waals surface area contributed by atoms with Crippen LogP contribution in [-0.4, -0.2) is 55.2 Å². The number of ether oxygens (including phenoxy) is 2. The summed E-state index contributed by atoms with van der Waals surface area (Å²) in [6.45, 7) is 5.70. The molecule has 1 N–H and O–H groups in total. The number of benzene rings is 2. The lowest BCUT2D eigenvalue weighted by Crippen LogP contribution is -2.46. The van der Waals surface area contributed by atoms with E-state index < -0.39 is 0 Å². The van der Waals surface area contributed by atoms with Gasteiger partial charge in [0.15, 0.2) is 11.5 Å². The number of hydrogen-bond acceptors (Lipinski definition) is 5. The Balaban J connectivity index is 1.20. The smallest absolute Gasteiger partial charge is 0.231 e. The van der Waals surface area contributed by atoms with Gasteiger partial charge in [0.05, 0.1) is 15.7 Å². The van der Waals surface area contributed by atoms with Crippen LogP contribution in [0, 0.1) is 0 Å². The van der Waals surface area contributed by atoms with Gasteiger partial charge in [-0.25, -0.2) is 0 Å². The number of carbonyl (C=O) groups excluding carboxylic acids is 1. The van der Waals surface area contributed by atoms with Gasteiger partial charge in [0.1, 0.15) is 0 Å². The van der Waals surface area contributed by atoms with E-state index in [9.17, 15) is 4.79 Å². The van der Waals surface area contributed by atoms with E-state index in [-0.39, 0.29) is 5.91 Å². The van der Waals surface area contributed by atoms with Gasteiger partial charge in [-0.15, -0.1) is 0 Å². The van der Waals surface area contributed by atoms with E-state index in [2.05, 4.69) is 27.2 Å². The van der Waals surface area contributed by atoms with Crippen LogP contribution in [0.2, 0.25) is 10.0 Å². The highest BCUT2D eigenvalue weighted by Gasteiger charge is 2.19. The number of nitrogens with zero attached hydrogens (tertiary/aromatic N) is 2. The number of piperazine rings is 1. The number of anilines is 1. The van der Waals surface area contributed by atoms with Crippen LogP contribution in [0.4, 0.5) is 5.69 Å². The zero-order chi connectivity index (χ0) is 20.2. The Labute approximate surface area is 180 Å². The molecule has 2 aromatic rings. The van der Waals surface area contributed by atoms with Crippen LogP contribution >= 0.6 is 23.2 Å². The van der Waals surface area contributed by atoms with Gasteiger partial charge in [-0.2, -0.15) is 0 Å². The Morgan fingerprint density at radius 2 is 1.66 bits per heavy atom. The number of para-hydroxylation sites is 1. The van der Waals surface area contributed by atoms with E-state index in [1.807, 2.05) is 6.07 Å². The molecule has 0 atom stereocenters. The van der Waals surface area contributed by atoms with Gasteiger partial charge in [-0.3, -0.25) is 9.69 Å². The number of halogens is 2. The SMILES string of the molecule is O=C(CCN1CCN(Cc2ccc3c(c2)OCO3)CC1)Nc1c(Cl)cccc1Cl. The Kier molecular flexibility index (Phi) is 6.45. The molecule has 0 aliphatic carbocycles. The topological polar surface area (TPSA) is 54.0 Å². The minimum atomic E-state index is -0.0808. The molecule has 8 heteroatoms. The summed E-state index contributed by atoms with van der Waals surface area (Å²) in [6.07, 6.45) is 0.406. The molecule has 2 heterocycles. The van der Waals surface area contributed by atoms with Crippen molar-refractivity contribution in [3.63, 3.8) is 0 Å². The lowest BCUT2D eigenvalue weighted by atomic mass is 10.1. The van der Waals surface area contributed by atoms with Crippen molar-refractivity contribution in [2.45, 2.75) is 13.0 Å². The first-order valence-electron chi connectivity index (χ1n) is 9.65. The van der Waals surface area contributed by atoms with Crippen molar-refractivity contribution in [2.24, 2.45) is 0 Å². The number of carbonyl (C=O) groups is 1. The van der Waals surface area contributed by atoms with Crippen molar-refractivity contribution in [1.29, 1.82) is 0 Å². The van der Waals surface area contributed by atoms with E-state index in [0.29, 0.717) is 35.5 Å². The van der Waals surface area contributed by atoms with Gasteiger partial charge in [0, 0.05) is 45.7 Å². The molecule has 0 radical (unpaired) electrons. The highest BCUT2D eigenvalue weighted by atomic mass is 35.5. The van der Waals surface area contributed by atoms with Gasteiger partial charge >= 0.3 is 0 Å². The summed E-state index contributed by atoms with van der Waals surface area (Å²) < 4.78 is 10.8. The van der Waals surface area contributed by atoms with E-state index in [1.165, 1.54) is 5.56 Å². The van der Waals surface area contributed by atoms with Crippen molar-refractivity contribution in [3.8, 4) is 11.5 Å². The first-order chi connectivity index (χ1) is 14.1. The quantitative estimate of drug-likeness (QED) is 0.745. The molecule has 0 spiro atoms. The molecule has 0 bridgehead atoms. The molecule has 2 aliphatic heterocycles. The van der Waals surface area contributed by atoms with Crippen molar-refractivity contribution >= 4 is 34.8 Å². The summed E-state index contributed by atoms with van der Waals surface area (Å²) in [5.74, 6) is 1.56. The standard InChI is InChI=1S/C21H23Cl2N3O3/c22-16-2-1-3-17(23)21(16)24-20(27)6-7-25-8-10-26(11-9-25)13-15-4-5-18-19(12-15)29-14-28-18/h1-5,12H,6-11,13-14H2,(H,24,27). The lowest BCUT2D eigenvalue weighted by Gasteiger charge is -2.34. The maximum Gasteiger partial charge on any atom is 0.231 e. The summed E-state index contributed by atoms with van der Waals surface area (Å²) in [5.41, 5.74) is 1.70. The fraction of sp³-hybridized carbons (Fsp3) is 0.381. The lowest BCUT2D eigenvalue weighted by molar-refractivity contribution is -0.116. The molecule has 29 heavy (non-hydrogen) atoms. The van der Waals surface area contributed by atoms with Crippen LogP contribution in [0.5, 0.6) is 11.5 Å². The summed E-state index contributed by atoms with van der Waals surface area (Å²) in [4.78, 5) is 17.0. The van der Waals surface area contributed by atoms with Crippen LogP contribution in [0.15, 0.2) is 36.4 Å². The zero-order valence-electron chi connectivity index (χ0n) is 16.0. The average molecular weight is 436 g/mol. The monoisotopic (exact) mass is 435 g/mol. The highest BCUT2D eigenvalue weighted by molar-refractivity contribution is 6.39. The summed E-state index contributed by atoms with van der Waals surface area (Å²) in [5, 5.41) is 3.71. The largest absolute Gasteiger partial charge is 0.454 e. The van der Waals surface area contributed by atoms with Crippen LogP contribution in [0.1, 0.15) is 12.0 Å². The molecule has 0 saturated carbocycles. The number of fused-ring (bicyclic) bond motifs is 1. The molecular weight excluding hydrogens is 413 g/mol. The zero-order valence-corrected chi connectivity index (χ0v) is 17.5. The average Bonchev–Trinajstić information content (AvgIpc) is 3.18. The Bertz CT molecular complexity index is 865. The molecule has 154 valence electrons. The molecular formula is C21H23Cl2N3O3. The maximum absolute atomic E-state index is 12.3. The maximum atomic E-state index is 12.3. The minimum Gasteiger partial charge on any atom is -0.454 e. The van der Waals surface area contributed by atoms with Crippen molar-refractivity contribution in [1.82, 2.24) is 9.80 Å². The summed E-state index contributed by atoms with van der Waals surface area (Å²) >= 11 is 12.2. The molecule has 1 amide bonds. The fourth-order valence-corrected chi connectivity index (χ4v) is 4.04. The first kappa shape index (κ1) is 20.3. The molecule has 2 aliphatic rings. The molecule has 6 nitrogen and oxygen atoms in total. The summed E-state index contributed by atoms with van der Waals surface area (Å²) in [7, 11) is 0. The molecule has 2 aromatic carbocycles. The predicted molar refractivity (Wildman–Crippen MR) is 114 cm³/mol. The number of nitrogens with one attached hydrogen (secondary N) is 1. The second kappa shape index (κ2) is 9.22. The Hall–Kier alpha value is -1.99. The van der Waals surface area contributed by atoms with Crippen LogP contribution in [-0.2, 0) is 11.3 Å². The molecule has 1 saturated heterocycles. The minimum absolute atomic E-state index is 0.0808. The third-order valence-corrected chi connectivity index (χ3v) is 5.82. The molecule has 1 fully saturated rings. The third-order valence-electron chi connectivity index (χ3n) is 5.19. The van der Waals surface area contributed by atoms with Gasteiger partial charge in [0.2, 0.25) is 12.7 Å². The molecule has 4 rings (SSSR count). The van der Waals surface area contributed by atoms with Crippen LogP contribution in [0.25, 0.3) is 0 Å². The van der Waals surface area contributed by atoms with Gasteiger partial charge in [0.25, 0.3) is 0 Å².